The van der Waals surface area contributed by atoms with Crippen LogP contribution in [0.3, 0.4) is 0 Å². The maximum Gasteiger partial charge on any atom is 0.340 e. The Morgan fingerprint density at radius 2 is 1.64 bits per heavy atom. The van der Waals surface area contributed by atoms with Gasteiger partial charge in [0.2, 0.25) is 0 Å². The monoisotopic (exact) mass is 601 g/mol. The first kappa shape index (κ1) is 33.4. The number of hydrogen-bond acceptors (Lipinski definition) is 5. The predicted octanol–water partition coefficient (Wildman–Crippen LogP) is 9.53. The van der Waals surface area contributed by atoms with Crippen molar-refractivity contribution in [3.05, 3.63) is 88.5 Å². The first-order valence-corrected chi connectivity index (χ1v) is 15.7. The van der Waals surface area contributed by atoms with Crippen molar-refractivity contribution in [3.8, 4) is 16.9 Å². The average Bonchev–Trinajstić information content (AvgIpc) is 2.92. The third kappa shape index (κ3) is 8.56. The van der Waals surface area contributed by atoms with Gasteiger partial charge in [0.1, 0.15) is 11.6 Å². The van der Waals surface area contributed by atoms with Crippen molar-refractivity contribution in [3.63, 3.8) is 0 Å². The number of aryl methyl sites for hydroxylation is 2. The molecule has 0 amide bonds. The third-order valence-electron chi connectivity index (χ3n) is 7.91. The van der Waals surface area contributed by atoms with Crippen LogP contribution >= 0.6 is 0 Å². The van der Waals surface area contributed by atoms with E-state index in [1.807, 2.05) is 60.6 Å². The lowest BCUT2D eigenvalue weighted by Gasteiger charge is -2.33. The van der Waals surface area contributed by atoms with Crippen molar-refractivity contribution in [1.29, 1.82) is 0 Å². The summed E-state index contributed by atoms with van der Waals surface area (Å²) in [4.78, 5) is 18.7. The summed E-state index contributed by atoms with van der Waals surface area (Å²) >= 11 is 0. The van der Waals surface area contributed by atoms with Crippen LogP contribution in [0.5, 0.6) is 5.75 Å². The Morgan fingerprint density at radius 3 is 2.20 bits per heavy atom. The molecule has 0 unspecified atom stereocenters. The van der Waals surface area contributed by atoms with Crippen molar-refractivity contribution in [2.45, 2.75) is 106 Å². The minimum Gasteiger partial charge on any atom is -0.493 e. The molecule has 4 rings (SSSR count). The minimum atomic E-state index is -0.927. The Kier molecular flexibility index (Phi) is 10.3. The molecule has 236 valence electrons. The fourth-order valence-electron chi connectivity index (χ4n) is 5.70. The van der Waals surface area contributed by atoms with Crippen molar-refractivity contribution in [2.75, 3.05) is 6.61 Å². The van der Waals surface area contributed by atoms with Crippen molar-refractivity contribution in [2.24, 2.45) is 5.41 Å². The second-order valence-corrected chi connectivity index (χ2v) is 13.9. The molecule has 1 atom stereocenters. The van der Waals surface area contributed by atoms with Crippen LogP contribution in [-0.4, -0.2) is 29.3 Å². The van der Waals surface area contributed by atoms with E-state index in [0.29, 0.717) is 13.0 Å². The Labute approximate surface area is 262 Å². The molecule has 1 aromatic heterocycles. The van der Waals surface area contributed by atoms with Crippen LogP contribution in [0.1, 0.15) is 102 Å². The van der Waals surface area contributed by atoms with Gasteiger partial charge in [0.25, 0.3) is 0 Å². The van der Waals surface area contributed by atoms with Gasteiger partial charge in [-0.3, -0.25) is 4.98 Å². The SMILES string of the molecule is Cc1nc(C)c([C@H](OC(C)(C)C)C(=O)OC(C)C)c(C2=CCC(C)(C)CC2)c1-c1ccc(OCCc2ccc(F)cc2)cc1. The fraction of sp³-hybridized carbons (Fsp3) is 0.474. The standard InChI is InChI=1S/C38H48FNO4/c1-24(2)43-36(41)35(44-37(5,6)7)33-26(4)40-25(3)32(34(33)29-18-21-38(8,9)22-19-29)28-12-16-31(17-13-28)42-23-20-27-10-14-30(39)15-11-27/h10-18,24,35H,19-23H2,1-9H3/t35-/m0/s1. The quantitative estimate of drug-likeness (QED) is 0.217. The number of rotatable bonds is 10. The molecule has 6 heteroatoms. The van der Waals surface area contributed by atoms with Crippen molar-refractivity contribution >= 4 is 11.5 Å². The number of pyridine rings is 1. The number of allylic oxidation sites excluding steroid dienone is 2. The molecule has 0 saturated heterocycles. The van der Waals surface area contributed by atoms with Crippen LogP contribution in [0.2, 0.25) is 0 Å². The highest BCUT2D eigenvalue weighted by Gasteiger charge is 2.36. The number of aromatic nitrogens is 1. The van der Waals surface area contributed by atoms with Gasteiger partial charge in [-0.25, -0.2) is 9.18 Å². The molecule has 1 aliphatic carbocycles. The number of carbonyl (C=O) groups is 1. The molecule has 0 bridgehead atoms. The molecule has 0 spiro atoms. The summed E-state index contributed by atoms with van der Waals surface area (Å²) in [6, 6.07) is 14.5. The van der Waals surface area contributed by atoms with E-state index in [9.17, 15) is 9.18 Å². The van der Waals surface area contributed by atoms with Gasteiger partial charge in [0, 0.05) is 28.9 Å². The highest BCUT2D eigenvalue weighted by Crippen LogP contribution is 2.46. The third-order valence-corrected chi connectivity index (χ3v) is 7.91. The molecule has 3 aromatic rings. The molecule has 0 radical (unpaired) electrons. The van der Waals surface area contributed by atoms with E-state index < -0.39 is 17.7 Å². The van der Waals surface area contributed by atoms with Gasteiger partial charge >= 0.3 is 5.97 Å². The van der Waals surface area contributed by atoms with Crippen LogP contribution in [0.25, 0.3) is 16.7 Å². The highest BCUT2D eigenvalue weighted by molar-refractivity contribution is 5.89. The predicted molar refractivity (Wildman–Crippen MR) is 175 cm³/mol. The van der Waals surface area contributed by atoms with Gasteiger partial charge in [0.15, 0.2) is 6.10 Å². The lowest BCUT2D eigenvalue weighted by atomic mass is 9.74. The summed E-state index contributed by atoms with van der Waals surface area (Å²) < 4.78 is 31.5. The molecule has 0 aliphatic heterocycles. The van der Waals surface area contributed by atoms with Crippen molar-refractivity contribution in [1.82, 2.24) is 4.98 Å². The second-order valence-electron chi connectivity index (χ2n) is 13.9. The van der Waals surface area contributed by atoms with Crippen molar-refractivity contribution < 1.29 is 23.4 Å². The minimum absolute atomic E-state index is 0.214. The molecule has 0 fully saturated rings. The van der Waals surface area contributed by atoms with Crippen LogP contribution in [0.15, 0.2) is 54.6 Å². The first-order valence-electron chi connectivity index (χ1n) is 15.7. The van der Waals surface area contributed by atoms with Crippen LogP contribution in [0.4, 0.5) is 4.39 Å². The Bertz CT molecular complexity index is 1480. The molecule has 1 heterocycles. The van der Waals surface area contributed by atoms with Crippen LogP contribution in [0, 0.1) is 25.1 Å². The smallest absolute Gasteiger partial charge is 0.340 e. The molecule has 0 N–H and O–H groups in total. The Balaban J connectivity index is 1.78. The Hall–Kier alpha value is -3.51. The second kappa shape index (κ2) is 13.6. The van der Waals surface area contributed by atoms with E-state index in [-0.39, 0.29) is 17.3 Å². The summed E-state index contributed by atoms with van der Waals surface area (Å²) in [7, 11) is 0. The molecular formula is C38H48FNO4. The van der Waals surface area contributed by atoms with Crippen LogP contribution < -0.4 is 4.74 Å². The Morgan fingerprint density at radius 1 is 0.977 bits per heavy atom. The number of ether oxygens (including phenoxy) is 3. The first-order chi connectivity index (χ1) is 20.6. The molecular weight excluding hydrogens is 553 g/mol. The molecule has 2 aromatic carbocycles. The van der Waals surface area contributed by atoms with Gasteiger partial charge < -0.3 is 14.2 Å². The molecule has 5 nitrogen and oxygen atoms in total. The van der Waals surface area contributed by atoms with Gasteiger partial charge in [-0.1, -0.05) is 44.2 Å². The number of nitrogens with zero attached hydrogens (tertiary/aromatic N) is 1. The number of benzene rings is 2. The van der Waals surface area contributed by atoms with E-state index in [2.05, 4.69) is 32.1 Å². The van der Waals surface area contributed by atoms with Gasteiger partial charge in [-0.2, -0.15) is 0 Å². The van der Waals surface area contributed by atoms with E-state index in [1.54, 1.807) is 12.1 Å². The normalized spacial score (nSPS) is 15.6. The topological polar surface area (TPSA) is 57.7 Å². The van der Waals surface area contributed by atoms with E-state index in [4.69, 9.17) is 19.2 Å². The van der Waals surface area contributed by atoms with E-state index in [1.165, 1.54) is 17.7 Å². The fourth-order valence-corrected chi connectivity index (χ4v) is 5.70. The lowest BCUT2D eigenvalue weighted by Crippen LogP contribution is -2.31. The zero-order chi connectivity index (χ0) is 32.2. The summed E-state index contributed by atoms with van der Waals surface area (Å²) in [5, 5.41) is 0. The molecule has 44 heavy (non-hydrogen) atoms. The highest BCUT2D eigenvalue weighted by atomic mass is 19.1. The largest absolute Gasteiger partial charge is 0.493 e. The maximum atomic E-state index is 13.7. The summed E-state index contributed by atoms with van der Waals surface area (Å²) in [5.41, 5.74) is 7.30. The zero-order valence-electron chi connectivity index (χ0n) is 27.8. The van der Waals surface area contributed by atoms with E-state index in [0.717, 1.165) is 64.2 Å². The zero-order valence-corrected chi connectivity index (χ0v) is 27.8. The number of hydrogen-bond donors (Lipinski definition) is 0. The lowest BCUT2D eigenvalue weighted by molar-refractivity contribution is -0.171. The molecule has 1 aliphatic rings. The maximum absolute atomic E-state index is 13.7. The van der Waals surface area contributed by atoms with Gasteiger partial charge in [0.05, 0.1) is 18.3 Å². The summed E-state index contributed by atoms with van der Waals surface area (Å²) in [5.74, 6) is 0.107. The number of esters is 1. The summed E-state index contributed by atoms with van der Waals surface area (Å²) in [6.07, 6.45) is 4.69. The van der Waals surface area contributed by atoms with Gasteiger partial charge in [-0.05, 0) is 120 Å². The molecule has 0 saturated carbocycles. The number of carbonyl (C=O) groups excluding carboxylic acids is 1. The summed E-state index contributed by atoms with van der Waals surface area (Å²) in [6.45, 7) is 18.6. The average molecular weight is 602 g/mol. The van der Waals surface area contributed by atoms with E-state index >= 15 is 0 Å². The van der Waals surface area contributed by atoms with Crippen LogP contribution in [-0.2, 0) is 20.7 Å². The number of halogens is 1. The van der Waals surface area contributed by atoms with Gasteiger partial charge in [-0.15, -0.1) is 0 Å².